The minimum absolute atomic E-state index is 0.829. The number of allylic oxidation sites excluding steroid dienone is 3. The van der Waals surface area contributed by atoms with Crippen LogP contribution < -0.4 is 0 Å². The smallest absolute Gasteiger partial charge is 0.150 e. The van der Waals surface area contributed by atoms with E-state index >= 15 is 0 Å². The molecule has 0 saturated carbocycles. The van der Waals surface area contributed by atoms with Gasteiger partial charge >= 0.3 is 0 Å². The van der Waals surface area contributed by atoms with Crippen LogP contribution in [0, 0.1) is 0 Å². The van der Waals surface area contributed by atoms with E-state index in [-0.39, 0.29) is 0 Å². The summed E-state index contributed by atoms with van der Waals surface area (Å²) in [5, 5.41) is 0. The Morgan fingerprint density at radius 3 is 2.50 bits per heavy atom. The van der Waals surface area contributed by atoms with Crippen LogP contribution in [0.15, 0.2) is 24.8 Å². The molecule has 46 valence electrons. The lowest BCUT2D eigenvalue weighted by atomic mass is 10.5. The molecule has 0 fully saturated rings. The normalized spacial score (nSPS) is 10.9. The standard InChI is InChI=1S/C5H8Cl2Si/c1-2-3-4-5-8(6)7/h2-4,8H,1,5H2. The molecule has 0 radical (unpaired) electrons. The molecular formula is C5H8Cl2Si. The molecule has 0 aliphatic rings. The van der Waals surface area contributed by atoms with Crippen LogP contribution >= 0.6 is 22.2 Å². The minimum atomic E-state index is -1.39. The van der Waals surface area contributed by atoms with Gasteiger partial charge < -0.3 is 0 Å². The predicted molar refractivity (Wildman–Crippen MR) is 43.0 cm³/mol. The van der Waals surface area contributed by atoms with Crippen molar-refractivity contribution in [3.63, 3.8) is 0 Å². The molecule has 0 N–H and O–H groups in total. The van der Waals surface area contributed by atoms with Crippen LogP contribution in [0.4, 0.5) is 0 Å². The molecule has 0 unspecified atom stereocenters. The number of halogens is 2. The molecule has 0 nitrogen and oxygen atoms in total. The molecule has 0 bridgehead atoms. The molecule has 0 aromatic heterocycles. The second kappa shape index (κ2) is 5.41. The zero-order valence-electron chi connectivity index (χ0n) is 4.48. The van der Waals surface area contributed by atoms with E-state index in [1.165, 1.54) is 0 Å². The third-order valence-corrected chi connectivity index (χ3v) is 2.28. The van der Waals surface area contributed by atoms with Gasteiger partial charge in [0.15, 0.2) is 0 Å². The van der Waals surface area contributed by atoms with Gasteiger partial charge in [0.1, 0.15) is 0 Å². The quantitative estimate of drug-likeness (QED) is 0.344. The largest absolute Gasteiger partial charge is 0.240 e. The molecule has 3 heteroatoms. The minimum Gasteiger partial charge on any atom is -0.150 e. The van der Waals surface area contributed by atoms with E-state index < -0.39 is 7.42 Å². The van der Waals surface area contributed by atoms with E-state index in [0.717, 1.165) is 6.04 Å². The second-order valence-electron chi connectivity index (χ2n) is 1.29. The highest BCUT2D eigenvalue weighted by atomic mass is 35.7. The molecule has 0 amide bonds. The maximum absolute atomic E-state index is 5.53. The van der Waals surface area contributed by atoms with Crippen LogP contribution in [-0.2, 0) is 0 Å². The Labute approximate surface area is 60.8 Å². The van der Waals surface area contributed by atoms with Gasteiger partial charge in [-0.3, -0.25) is 0 Å². The van der Waals surface area contributed by atoms with Crippen molar-refractivity contribution in [3.05, 3.63) is 24.8 Å². The van der Waals surface area contributed by atoms with E-state index in [9.17, 15) is 0 Å². The van der Waals surface area contributed by atoms with Gasteiger partial charge in [-0.25, -0.2) is 0 Å². The van der Waals surface area contributed by atoms with E-state index in [1.807, 2.05) is 12.2 Å². The lowest BCUT2D eigenvalue weighted by molar-refractivity contribution is 1.70. The zero-order chi connectivity index (χ0) is 6.41. The summed E-state index contributed by atoms with van der Waals surface area (Å²) in [6, 6.07) is 0.829. The summed E-state index contributed by atoms with van der Waals surface area (Å²) in [6.45, 7) is 3.50. The SMILES string of the molecule is C=CC=CC[SiH](Cl)Cl. The fraction of sp³-hybridized carbons (Fsp3) is 0.200. The topological polar surface area (TPSA) is 0 Å². The lowest BCUT2D eigenvalue weighted by Gasteiger charge is -1.85. The van der Waals surface area contributed by atoms with Crippen LogP contribution in [0.3, 0.4) is 0 Å². The molecule has 8 heavy (non-hydrogen) atoms. The third kappa shape index (κ3) is 6.28. The maximum atomic E-state index is 5.53. The Kier molecular flexibility index (Phi) is 5.60. The molecule has 0 spiro atoms. The van der Waals surface area contributed by atoms with Crippen molar-refractivity contribution in [2.75, 3.05) is 0 Å². The number of hydrogen-bond acceptors (Lipinski definition) is 0. The molecule has 0 heterocycles. The van der Waals surface area contributed by atoms with Crippen molar-refractivity contribution in [1.82, 2.24) is 0 Å². The fourth-order valence-electron chi connectivity index (χ4n) is 0.278. The van der Waals surface area contributed by atoms with Crippen molar-refractivity contribution in [3.8, 4) is 0 Å². The van der Waals surface area contributed by atoms with Gasteiger partial charge in [-0.05, 0) is 6.04 Å². The first-order valence-electron chi connectivity index (χ1n) is 2.33. The summed E-state index contributed by atoms with van der Waals surface area (Å²) in [5.41, 5.74) is 0. The monoisotopic (exact) mass is 166 g/mol. The van der Waals surface area contributed by atoms with Crippen molar-refractivity contribution < 1.29 is 0 Å². The summed E-state index contributed by atoms with van der Waals surface area (Å²) in [7, 11) is -1.39. The Morgan fingerprint density at radius 1 is 1.50 bits per heavy atom. The first kappa shape index (κ1) is 8.28. The Hall–Kier alpha value is 0.277. The summed E-state index contributed by atoms with van der Waals surface area (Å²) in [5.74, 6) is 0. The highest BCUT2D eigenvalue weighted by molar-refractivity contribution is 7.33. The molecule has 0 saturated heterocycles. The van der Waals surface area contributed by atoms with Crippen molar-refractivity contribution >= 4 is 29.6 Å². The molecule has 0 aliphatic heterocycles. The van der Waals surface area contributed by atoms with Gasteiger partial charge in [0, 0.05) is 0 Å². The van der Waals surface area contributed by atoms with Gasteiger partial charge in [-0.1, -0.05) is 24.8 Å². The predicted octanol–water partition coefficient (Wildman–Crippen LogP) is 2.43. The van der Waals surface area contributed by atoms with Gasteiger partial charge in [0.25, 0.3) is 0 Å². The third-order valence-electron chi connectivity index (χ3n) is 0.586. The van der Waals surface area contributed by atoms with E-state index in [1.54, 1.807) is 6.08 Å². The van der Waals surface area contributed by atoms with Crippen molar-refractivity contribution in [1.29, 1.82) is 0 Å². The fourth-order valence-corrected chi connectivity index (χ4v) is 1.26. The molecule has 0 aliphatic carbocycles. The summed E-state index contributed by atoms with van der Waals surface area (Å²) < 4.78 is 0. The molecule has 0 atom stereocenters. The zero-order valence-corrected chi connectivity index (χ0v) is 7.15. The van der Waals surface area contributed by atoms with Gasteiger partial charge in [-0.15, -0.1) is 0 Å². The maximum Gasteiger partial charge on any atom is 0.240 e. The van der Waals surface area contributed by atoms with Crippen LogP contribution in [0.2, 0.25) is 6.04 Å². The van der Waals surface area contributed by atoms with Crippen LogP contribution in [0.25, 0.3) is 0 Å². The van der Waals surface area contributed by atoms with E-state index in [4.69, 9.17) is 22.2 Å². The van der Waals surface area contributed by atoms with Gasteiger partial charge in [-0.2, -0.15) is 22.2 Å². The van der Waals surface area contributed by atoms with Gasteiger partial charge in [0.2, 0.25) is 7.42 Å². The average molecular weight is 167 g/mol. The molecule has 0 aromatic rings. The Bertz CT molecular complexity index is 88.4. The van der Waals surface area contributed by atoms with Crippen molar-refractivity contribution in [2.45, 2.75) is 6.04 Å². The highest BCUT2D eigenvalue weighted by Crippen LogP contribution is 2.02. The molecular weight excluding hydrogens is 159 g/mol. The second-order valence-corrected chi connectivity index (χ2v) is 6.38. The lowest BCUT2D eigenvalue weighted by Crippen LogP contribution is -1.85. The first-order valence-corrected chi connectivity index (χ1v) is 6.64. The average Bonchev–Trinajstić information content (AvgIpc) is 1.66. The Morgan fingerprint density at radius 2 is 2.12 bits per heavy atom. The van der Waals surface area contributed by atoms with Crippen LogP contribution in [0.5, 0.6) is 0 Å². The highest BCUT2D eigenvalue weighted by Gasteiger charge is 1.94. The van der Waals surface area contributed by atoms with Crippen molar-refractivity contribution in [2.24, 2.45) is 0 Å². The van der Waals surface area contributed by atoms with E-state index in [2.05, 4.69) is 6.58 Å². The van der Waals surface area contributed by atoms with Crippen LogP contribution in [-0.4, -0.2) is 7.42 Å². The molecule has 0 rings (SSSR count). The van der Waals surface area contributed by atoms with Crippen LogP contribution in [0.1, 0.15) is 0 Å². The Balaban J connectivity index is 3.15. The van der Waals surface area contributed by atoms with Gasteiger partial charge in [0.05, 0.1) is 0 Å². The van der Waals surface area contributed by atoms with E-state index in [0.29, 0.717) is 0 Å². The summed E-state index contributed by atoms with van der Waals surface area (Å²) in [6.07, 6.45) is 5.50. The first-order chi connectivity index (χ1) is 3.77. The summed E-state index contributed by atoms with van der Waals surface area (Å²) in [4.78, 5) is 0. The number of hydrogen-bond donors (Lipinski definition) is 0. The summed E-state index contributed by atoms with van der Waals surface area (Å²) >= 11 is 11.1. The number of rotatable bonds is 3. The molecule has 0 aromatic carbocycles.